The fourth-order valence-corrected chi connectivity index (χ4v) is 6.21. The molecule has 0 spiro atoms. The van der Waals surface area contributed by atoms with Gasteiger partial charge < -0.3 is 10.6 Å². The number of benzene rings is 1. The Balaban J connectivity index is 1.36. The van der Waals surface area contributed by atoms with Gasteiger partial charge >= 0.3 is 0 Å². The molecule has 1 aromatic rings. The molecule has 0 saturated heterocycles. The van der Waals surface area contributed by atoms with E-state index < -0.39 is 0 Å². The molecule has 2 N–H and O–H groups in total. The predicted molar refractivity (Wildman–Crippen MR) is 101 cm³/mol. The van der Waals surface area contributed by atoms with Crippen molar-refractivity contribution in [1.82, 2.24) is 10.6 Å². The molecule has 4 aliphatic rings. The molecule has 4 saturated carbocycles. The molecule has 136 valence electrons. The summed E-state index contributed by atoms with van der Waals surface area (Å²) in [5, 5.41) is 6.97. The maximum absolute atomic E-state index is 12.7. The topological polar surface area (TPSA) is 41.1 Å². The van der Waals surface area contributed by atoms with E-state index in [9.17, 15) is 4.79 Å². The van der Waals surface area contributed by atoms with Crippen molar-refractivity contribution in [3.05, 3.63) is 35.9 Å². The lowest BCUT2D eigenvalue weighted by molar-refractivity contribution is -0.126. The minimum atomic E-state index is 0.119. The number of hydrogen-bond acceptors (Lipinski definition) is 2. The van der Waals surface area contributed by atoms with Crippen molar-refractivity contribution in [2.75, 3.05) is 6.54 Å². The van der Waals surface area contributed by atoms with Crippen LogP contribution >= 0.6 is 0 Å². The molecule has 1 aromatic carbocycles. The highest BCUT2D eigenvalue weighted by Gasteiger charge is 2.51. The summed E-state index contributed by atoms with van der Waals surface area (Å²) in [7, 11) is 0. The summed E-state index contributed by atoms with van der Waals surface area (Å²) in [5.41, 5.74) is 1.38. The van der Waals surface area contributed by atoms with E-state index in [1.807, 2.05) is 6.07 Å². The van der Waals surface area contributed by atoms with Crippen molar-refractivity contribution in [3.63, 3.8) is 0 Å². The zero-order valence-corrected chi connectivity index (χ0v) is 15.6. The zero-order chi connectivity index (χ0) is 17.4. The average molecular weight is 341 g/mol. The minimum Gasteiger partial charge on any atom is -0.350 e. The first-order valence-corrected chi connectivity index (χ1v) is 10.1. The lowest BCUT2D eigenvalue weighted by Crippen LogP contribution is -2.60. The van der Waals surface area contributed by atoms with Crippen LogP contribution in [0.5, 0.6) is 0 Å². The smallest absolute Gasteiger partial charge is 0.234 e. The maximum Gasteiger partial charge on any atom is 0.234 e. The zero-order valence-electron chi connectivity index (χ0n) is 15.6. The number of rotatable bonds is 6. The Morgan fingerprint density at radius 2 is 1.60 bits per heavy atom. The molecule has 0 aromatic heterocycles. The fourth-order valence-electron chi connectivity index (χ4n) is 6.21. The van der Waals surface area contributed by atoms with Crippen LogP contribution in [-0.2, 0) is 4.79 Å². The van der Waals surface area contributed by atoms with Crippen LogP contribution in [0.2, 0.25) is 0 Å². The average Bonchev–Trinajstić information content (AvgIpc) is 2.54. The predicted octanol–water partition coefficient (Wildman–Crippen LogP) is 4.06. The van der Waals surface area contributed by atoms with Gasteiger partial charge in [0.05, 0.1) is 6.54 Å². The lowest BCUT2D eigenvalue weighted by atomic mass is 9.53. The van der Waals surface area contributed by atoms with Gasteiger partial charge in [-0.25, -0.2) is 0 Å². The van der Waals surface area contributed by atoms with E-state index in [1.165, 1.54) is 44.1 Å². The Bertz CT molecular complexity index is 574. The van der Waals surface area contributed by atoms with Gasteiger partial charge in [-0.1, -0.05) is 44.2 Å². The van der Waals surface area contributed by atoms with Gasteiger partial charge in [0, 0.05) is 11.6 Å². The number of nitrogens with one attached hydrogen (secondary N) is 2. The Labute approximate surface area is 152 Å². The summed E-state index contributed by atoms with van der Waals surface area (Å²) in [6.45, 7) is 4.84. The Hall–Kier alpha value is -1.35. The van der Waals surface area contributed by atoms with Crippen molar-refractivity contribution < 1.29 is 4.79 Å². The van der Waals surface area contributed by atoms with Gasteiger partial charge in [0.1, 0.15) is 0 Å². The second-order valence-corrected chi connectivity index (χ2v) is 9.26. The van der Waals surface area contributed by atoms with E-state index in [1.54, 1.807) is 0 Å². The second kappa shape index (κ2) is 6.75. The molecule has 4 aliphatic carbocycles. The van der Waals surface area contributed by atoms with Crippen LogP contribution in [0.4, 0.5) is 0 Å². The third kappa shape index (κ3) is 3.62. The first kappa shape index (κ1) is 17.1. The molecule has 3 heteroatoms. The molecule has 0 heterocycles. The Kier molecular flexibility index (Phi) is 4.61. The normalized spacial score (nSPS) is 34.3. The van der Waals surface area contributed by atoms with E-state index in [2.05, 4.69) is 48.7 Å². The summed E-state index contributed by atoms with van der Waals surface area (Å²) in [6.07, 6.45) is 7.90. The Morgan fingerprint density at radius 1 is 1.04 bits per heavy atom. The van der Waals surface area contributed by atoms with E-state index in [-0.39, 0.29) is 17.5 Å². The van der Waals surface area contributed by atoms with Crippen molar-refractivity contribution in [1.29, 1.82) is 0 Å². The van der Waals surface area contributed by atoms with Gasteiger partial charge in [0.25, 0.3) is 0 Å². The second-order valence-electron chi connectivity index (χ2n) is 9.26. The number of hydrogen-bond donors (Lipinski definition) is 2. The number of carbonyl (C=O) groups excluding carboxylic acids is 1. The van der Waals surface area contributed by atoms with Crippen molar-refractivity contribution in [2.24, 2.45) is 23.7 Å². The molecule has 0 aliphatic heterocycles. The van der Waals surface area contributed by atoms with Crippen LogP contribution in [-0.4, -0.2) is 18.0 Å². The van der Waals surface area contributed by atoms with Gasteiger partial charge in [0.15, 0.2) is 0 Å². The summed E-state index contributed by atoms with van der Waals surface area (Å²) in [6, 6.07) is 10.7. The van der Waals surface area contributed by atoms with E-state index in [4.69, 9.17) is 0 Å². The van der Waals surface area contributed by atoms with Crippen molar-refractivity contribution in [3.8, 4) is 0 Å². The third-order valence-corrected chi connectivity index (χ3v) is 6.75. The van der Waals surface area contributed by atoms with Crippen molar-refractivity contribution in [2.45, 2.75) is 64.0 Å². The molecule has 4 bridgehead atoms. The summed E-state index contributed by atoms with van der Waals surface area (Å²) >= 11 is 0. The van der Waals surface area contributed by atoms with Gasteiger partial charge in [-0.15, -0.1) is 0 Å². The monoisotopic (exact) mass is 340 g/mol. The van der Waals surface area contributed by atoms with E-state index in [0.717, 1.165) is 17.8 Å². The number of amides is 1. The third-order valence-electron chi connectivity index (χ3n) is 6.75. The molecular weight excluding hydrogens is 308 g/mol. The summed E-state index contributed by atoms with van der Waals surface area (Å²) in [5.74, 6) is 3.24. The van der Waals surface area contributed by atoms with Gasteiger partial charge in [0.2, 0.25) is 5.91 Å². The summed E-state index contributed by atoms with van der Waals surface area (Å²) in [4.78, 5) is 12.7. The molecule has 4 fully saturated rings. The van der Waals surface area contributed by atoms with Crippen molar-refractivity contribution >= 4 is 5.91 Å². The first-order valence-electron chi connectivity index (χ1n) is 10.1. The maximum atomic E-state index is 12.7. The molecule has 5 rings (SSSR count). The quantitative estimate of drug-likeness (QED) is 0.820. The standard InChI is InChI=1S/C22H32N2O/c1-15(2)21(19-6-4-3-5-7-19)23-14-20(25)24-22-11-16-8-17(12-22)10-18(9-16)13-22/h3-7,15-18,21,23H,8-14H2,1-2H3,(H,24,25)/t16?,17?,18?,21-,22?/m0/s1. The van der Waals surface area contributed by atoms with Gasteiger partial charge in [-0.3, -0.25) is 4.79 Å². The van der Waals surface area contributed by atoms with Crippen LogP contribution < -0.4 is 10.6 Å². The van der Waals surface area contributed by atoms with Crippen LogP contribution in [0.3, 0.4) is 0 Å². The molecule has 1 amide bonds. The molecule has 3 nitrogen and oxygen atoms in total. The Morgan fingerprint density at radius 3 is 2.12 bits per heavy atom. The van der Waals surface area contributed by atoms with Crippen LogP contribution in [0.25, 0.3) is 0 Å². The van der Waals surface area contributed by atoms with Gasteiger partial charge in [-0.05, 0) is 67.8 Å². The van der Waals surface area contributed by atoms with Gasteiger partial charge in [-0.2, -0.15) is 0 Å². The molecular formula is C22H32N2O. The highest BCUT2D eigenvalue weighted by atomic mass is 16.2. The molecule has 0 unspecified atom stereocenters. The van der Waals surface area contributed by atoms with Crippen LogP contribution in [0, 0.1) is 23.7 Å². The molecule has 0 radical (unpaired) electrons. The first-order chi connectivity index (χ1) is 12.0. The molecule has 25 heavy (non-hydrogen) atoms. The minimum absolute atomic E-state index is 0.119. The molecule has 1 atom stereocenters. The van der Waals surface area contributed by atoms with Crippen LogP contribution in [0.1, 0.15) is 64.0 Å². The fraction of sp³-hybridized carbons (Fsp3) is 0.682. The summed E-state index contributed by atoms with van der Waals surface area (Å²) < 4.78 is 0. The lowest BCUT2D eigenvalue weighted by Gasteiger charge is -2.56. The highest BCUT2D eigenvalue weighted by Crippen LogP contribution is 2.55. The van der Waals surface area contributed by atoms with E-state index in [0.29, 0.717) is 12.5 Å². The van der Waals surface area contributed by atoms with E-state index >= 15 is 0 Å². The number of carbonyl (C=O) groups is 1. The largest absolute Gasteiger partial charge is 0.350 e. The van der Waals surface area contributed by atoms with Crippen LogP contribution in [0.15, 0.2) is 30.3 Å². The highest BCUT2D eigenvalue weighted by molar-refractivity contribution is 5.79. The SMILES string of the molecule is CC(C)[C@H](NCC(=O)NC12CC3CC(CC(C3)C1)C2)c1ccccc1.